The highest BCUT2D eigenvalue weighted by Gasteiger charge is 2.19. The SMILES string of the molecule is CCn1c(=NC(=O)CS(=O)(=O)c2ccccc2)sc2cc(C)ccc21. The van der Waals surface area contributed by atoms with Crippen molar-refractivity contribution in [3.8, 4) is 0 Å². The molecule has 0 aliphatic rings. The van der Waals surface area contributed by atoms with Crippen LogP contribution in [0.3, 0.4) is 0 Å². The molecule has 5 nitrogen and oxygen atoms in total. The van der Waals surface area contributed by atoms with Gasteiger partial charge in [0.15, 0.2) is 14.6 Å². The zero-order valence-electron chi connectivity index (χ0n) is 14.0. The predicted molar refractivity (Wildman–Crippen MR) is 99.3 cm³/mol. The second-order valence-corrected chi connectivity index (χ2v) is 8.68. The molecule has 0 aliphatic heterocycles. The number of hydrogen-bond acceptors (Lipinski definition) is 4. The number of carbonyl (C=O) groups is 1. The summed E-state index contributed by atoms with van der Waals surface area (Å²) in [5.74, 6) is -1.29. The number of aromatic nitrogens is 1. The van der Waals surface area contributed by atoms with Crippen LogP contribution < -0.4 is 4.80 Å². The molecule has 0 radical (unpaired) electrons. The fourth-order valence-corrected chi connectivity index (χ4v) is 4.92. The molecule has 0 atom stereocenters. The number of benzene rings is 2. The number of aryl methyl sites for hydroxylation is 2. The number of fused-ring (bicyclic) bond motifs is 1. The first-order chi connectivity index (χ1) is 11.9. The Bertz CT molecular complexity index is 1090. The van der Waals surface area contributed by atoms with Crippen molar-refractivity contribution in [3.63, 3.8) is 0 Å². The molecule has 3 rings (SSSR count). The second kappa shape index (κ2) is 6.93. The molecule has 0 fully saturated rings. The first-order valence-electron chi connectivity index (χ1n) is 7.86. The van der Waals surface area contributed by atoms with E-state index in [9.17, 15) is 13.2 Å². The zero-order valence-corrected chi connectivity index (χ0v) is 15.6. The maximum Gasteiger partial charge on any atom is 0.263 e. The number of thiazole rings is 1. The lowest BCUT2D eigenvalue weighted by Crippen LogP contribution is -2.20. The average Bonchev–Trinajstić information content (AvgIpc) is 2.90. The van der Waals surface area contributed by atoms with E-state index in [4.69, 9.17) is 0 Å². The van der Waals surface area contributed by atoms with Crippen LogP contribution in [0.2, 0.25) is 0 Å². The third-order valence-electron chi connectivity index (χ3n) is 3.79. The summed E-state index contributed by atoms with van der Waals surface area (Å²) in [5, 5.41) is 0. The zero-order chi connectivity index (χ0) is 18.0. The van der Waals surface area contributed by atoms with Gasteiger partial charge < -0.3 is 4.57 Å². The Morgan fingerprint density at radius 3 is 2.56 bits per heavy atom. The summed E-state index contributed by atoms with van der Waals surface area (Å²) in [6.07, 6.45) is 0. The molecule has 130 valence electrons. The molecule has 0 unspecified atom stereocenters. The van der Waals surface area contributed by atoms with Gasteiger partial charge in [-0.15, -0.1) is 0 Å². The molecular formula is C18H18N2O3S2. The van der Waals surface area contributed by atoms with Crippen LogP contribution in [0.4, 0.5) is 0 Å². The summed E-state index contributed by atoms with van der Waals surface area (Å²) >= 11 is 1.39. The van der Waals surface area contributed by atoms with Crippen molar-refractivity contribution in [1.82, 2.24) is 4.57 Å². The number of amides is 1. The van der Waals surface area contributed by atoms with E-state index >= 15 is 0 Å². The Kier molecular flexibility index (Phi) is 4.87. The van der Waals surface area contributed by atoms with Crippen LogP contribution in [0.15, 0.2) is 58.4 Å². The highest BCUT2D eigenvalue weighted by molar-refractivity contribution is 7.92. The molecule has 1 amide bonds. The van der Waals surface area contributed by atoms with Crippen LogP contribution >= 0.6 is 11.3 Å². The standard InChI is InChI=1S/C18H18N2O3S2/c1-3-20-15-10-9-13(2)11-16(15)24-18(20)19-17(21)12-25(22,23)14-7-5-4-6-8-14/h4-11H,3,12H2,1-2H3. The van der Waals surface area contributed by atoms with E-state index in [1.165, 1.54) is 23.5 Å². The van der Waals surface area contributed by atoms with Gasteiger partial charge in [-0.25, -0.2) is 8.42 Å². The van der Waals surface area contributed by atoms with Crippen molar-refractivity contribution in [1.29, 1.82) is 0 Å². The monoisotopic (exact) mass is 374 g/mol. The maximum atomic E-state index is 12.3. The summed E-state index contributed by atoms with van der Waals surface area (Å²) in [6, 6.07) is 14.0. The first kappa shape index (κ1) is 17.6. The highest BCUT2D eigenvalue weighted by Crippen LogP contribution is 2.19. The topological polar surface area (TPSA) is 68.5 Å². The molecule has 2 aromatic carbocycles. The number of hydrogen-bond donors (Lipinski definition) is 0. The Morgan fingerprint density at radius 1 is 1.16 bits per heavy atom. The number of nitrogens with zero attached hydrogens (tertiary/aromatic N) is 2. The third-order valence-corrected chi connectivity index (χ3v) is 6.45. The molecule has 0 saturated heterocycles. The average molecular weight is 374 g/mol. The van der Waals surface area contributed by atoms with Gasteiger partial charge in [0.05, 0.1) is 15.1 Å². The van der Waals surface area contributed by atoms with Crippen LogP contribution in [0.25, 0.3) is 10.2 Å². The third kappa shape index (κ3) is 3.72. The van der Waals surface area contributed by atoms with E-state index in [1.54, 1.807) is 18.2 Å². The minimum Gasteiger partial charge on any atom is -0.317 e. The van der Waals surface area contributed by atoms with E-state index < -0.39 is 21.5 Å². The molecule has 0 aliphatic carbocycles. The second-order valence-electron chi connectivity index (χ2n) is 5.68. The highest BCUT2D eigenvalue weighted by atomic mass is 32.2. The van der Waals surface area contributed by atoms with Crippen LogP contribution in [0.5, 0.6) is 0 Å². The van der Waals surface area contributed by atoms with Crippen LogP contribution in [-0.4, -0.2) is 24.6 Å². The van der Waals surface area contributed by atoms with E-state index in [2.05, 4.69) is 4.99 Å². The fourth-order valence-electron chi connectivity index (χ4n) is 2.58. The number of rotatable bonds is 4. The van der Waals surface area contributed by atoms with Crippen LogP contribution in [0, 0.1) is 6.92 Å². The van der Waals surface area contributed by atoms with Crippen molar-refractivity contribution in [3.05, 3.63) is 58.9 Å². The summed E-state index contributed by atoms with van der Waals surface area (Å²) in [4.78, 5) is 17.0. The van der Waals surface area contributed by atoms with Crippen molar-refractivity contribution < 1.29 is 13.2 Å². The van der Waals surface area contributed by atoms with Gasteiger partial charge in [0, 0.05) is 6.54 Å². The molecule has 25 heavy (non-hydrogen) atoms. The lowest BCUT2D eigenvalue weighted by molar-refractivity contribution is -0.115. The van der Waals surface area contributed by atoms with Gasteiger partial charge in [0.25, 0.3) is 5.91 Å². The van der Waals surface area contributed by atoms with E-state index in [0.717, 1.165) is 15.8 Å². The Labute approximate surface area is 150 Å². The van der Waals surface area contributed by atoms with Crippen LogP contribution in [0.1, 0.15) is 12.5 Å². The van der Waals surface area contributed by atoms with Crippen molar-refractivity contribution in [2.45, 2.75) is 25.3 Å². The van der Waals surface area contributed by atoms with Crippen LogP contribution in [-0.2, 0) is 21.2 Å². The lowest BCUT2D eigenvalue weighted by Gasteiger charge is -2.02. The maximum absolute atomic E-state index is 12.3. The quantitative estimate of drug-likeness (QED) is 0.705. The van der Waals surface area contributed by atoms with Gasteiger partial charge in [-0.1, -0.05) is 35.6 Å². The van der Waals surface area contributed by atoms with Gasteiger partial charge in [0.2, 0.25) is 0 Å². The molecule has 3 aromatic rings. The number of carbonyl (C=O) groups excluding carboxylic acids is 1. The van der Waals surface area contributed by atoms with E-state index in [-0.39, 0.29) is 4.90 Å². The molecule has 1 heterocycles. The Hall–Kier alpha value is -2.25. The lowest BCUT2D eigenvalue weighted by atomic mass is 10.2. The van der Waals surface area contributed by atoms with Gasteiger partial charge in [-0.05, 0) is 43.7 Å². The Morgan fingerprint density at radius 2 is 1.88 bits per heavy atom. The predicted octanol–water partition coefficient (Wildman–Crippen LogP) is 2.93. The van der Waals surface area contributed by atoms with Crippen molar-refractivity contribution >= 4 is 37.3 Å². The molecule has 7 heteroatoms. The summed E-state index contributed by atoms with van der Waals surface area (Å²) in [6.45, 7) is 4.63. The minimum absolute atomic E-state index is 0.133. The van der Waals surface area contributed by atoms with E-state index in [1.807, 2.05) is 36.6 Å². The van der Waals surface area contributed by atoms with E-state index in [0.29, 0.717) is 11.3 Å². The van der Waals surface area contributed by atoms with Gasteiger partial charge in [0.1, 0.15) is 5.75 Å². The summed E-state index contributed by atoms with van der Waals surface area (Å²) in [7, 11) is -3.68. The van der Waals surface area contributed by atoms with Crippen molar-refractivity contribution in [2.24, 2.45) is 4.99 Å². The first-order valence-corrected chi connectivity index (χ1v) is 10.3. The largest absolute Gasteiger partial charge is 0.317 e. The summed E-state index contributed by atoms with van der Waals surface area (Å²) in [5.41, 5.74) is 2.12. The summed E-state index contributed by atoms with van der Waals surface area (Å²) < 4.78 is 27.6. The van der Waals surface area contributed by atoms with Gasteiger partial charge >= 0.3 is 0 Å². The minimum atomic E-state index is -3.68. The van der Waals surface area contributed by atoms with Crippen molar-refractivity contribution in [2.75, 3.05) is 5.75 Å². The molecule has 1 aromatic heterocycles. The fraction of sp³-hybridized carbons (Fsp3) is 0.222. The molecule has 0 spiro atoms. The molecule has 0 saturated carbocycles. The number of sulfone groups is 1. The van der Waals surface area contributed by atoms with Gasteiger partial charge in [-0.2, -0.15) is 4.99 Å². The molecule has 0 N–H and O–H groups in total. The Balaban J connectivity index is 1.98. The normalized spacial score (nSPS) is 12.6. The molecule has 0 bridgehead atoms. The molecular weight excluding hydrogens is 356 g/mol. The smallest absolute Gasteiger partial charge is 0.263 e. The van der Waals surface area contributed by atoms with Gasteiger partial charge in [-0.3, -0.25) is 4.79 Å².